The summed E-state index contributed by atoms with van der Waals surface area (Å²) in [5.74, 6) is 1.65. The topological polar surface area (TPSA) is 59.5 Å². The standard InChI is InChI=1S/C22H26N4O2S/c1-2-19(24-14-18(1)26-6-9-27-10-7-26)17-11-20-22(29-15-25-20)21(12-17)28-8-4-16-3-5-23-13-16/h1-2,11-12,14-16,23H,3-10,13H2/t16-/m1/s1. The highest BCUT2D eigenvalue weighted by atomic mass is 32.1. The number of pyridine rings is 1. The molecule has 4 heterocycles. The fraction of sp³-hybridized carbons (Fsp3) is 0.455. The maximum atomic E-state index is 6.21. The van der Waals surface area contributed by atoms with Crippen LogP contribution in [-0.2, 0) is 4.74 Å². The Morgan fingerprint density at radius 2 is 2.14 bits per heavy atom. The monoisotopic (exact) mass is 410 g/mol. The van der Waals surface area contributed by atoms with Gasteiger partial charge in [-0.1, -0.05) is 0 Å². The minimum Gasteiger partial charge on any atom is -0.492 e. The molecule has 2 aliphatic rings. The molecule has 1 N–H and O–H groups in total. The Kier molecular flexibility index (Phi) is 5.60. The summed E-state index contributed by atoms with van der Waals surface area (Å²) in [4.78, 5) is 11.6. The number of benzene rings is 1. The third kappa shape index (κ3) is 4.22. The lowest BCUT2D eigenvalue weighted by atomic mass is 10.1. The first-order chi connectivity index (χ1) is 14.4. The number of aromatic nitrogens is 2. The van der Waals surface area contributed by atoms with E-state index in [1.54, 1.807) is 11.3 Å². The Hall–Kier alpha value is -2.22. The summed E-state index contributed by atoms with van der Waals surface area (Å²) in [6.45, 7) is 6.37. The first-order valence-corrected chi connectivity index (χ1v) is 11.2. The summed E-state index contributed by atoms with van der Waals surface area (Å²) in [7, 11) is 0. The average Bonchev–Trinajstić information content (AvgIpc) is 3.46. The number of nitrogens with zero attached hydrogens (tertiary/aromatic N) is 3. The molecule has 3 aromatic rings. The molecule has 0 bridgehead atoms. The summed E-state index contributed by atoms with van der Waals surface area (Å²) in [6, 6.07) is 8.46. The molecule has 0 unspecified atom stereocenters. The summed E-state index contributed by atoms with van der Waals surface area (Å²) in [5, 5.41) is 3.42. The first kappa shape index (κ1) is 18.8. The van der Waals surface area contributed by atoms with Crippen molar-refractivity contribution in [3.63, 3.8) is 0 Å². The van der Waals surface area contributed by atoms with Gasteiger partial charge in [0.15, 0.2) is 0 Å². The predicted molar refractivity (Wildman–Crippen MR) is 117 cm³/mol. The number of thiazole rings is 1. The van der Waals surface area contributed by atoms with Crippen molar-refractivity contribution in [3.8, 4) is 17.0 Å². The molecule has 2 saturated heterocycles. The molecule has 1 atom stereocenters. The zero-order valence-electron chi connectivity index (χ0n) is 16.5. The van der Waals surface area contributed by atoms with Crippen LogP contribution in [0.5, 0.6) is 5.75 Å². The maximum Gasteiger partial charge on any atom is 0.139 e. The van der Waals surface area contributed by atoms with Crippen LogP contribution < -0.4 is 15.0 Å². The number of rotatable bonds is 6. The van der Waals surface area contributed by atoms with Crippen molar-refractivity contribution in [3.05, 3.63) is 36.0 Å². The van der Waals surface area contributed by atoms with E-state index < -0.39 is 0 Å². The van der Waals surface area contributed by atoms with Gasteiger partial charge in [0.1, 0.15) is 5.75 Å². The predicted octanol–water partition coefficient (Wildman–Crippen LogP) is 3.57. The molecule has 0 aliphatic carbocycles. The molecule has 2 fully saturated rings. The molecular weight excluding hydrogens is 384 g/mol. The second-order valence-electron chi connectivity index (χ2n) is 7.67. The molecule has 7 heteroatoms. The lowest BCUT2D eigenvalue weighted by molar-refractivity contribution is 0.122. The largest absolute Gasteiger partial charge is 0.492 e. The normalized spacial score (nSPS) is 19.7. The van der Waals surface area contributed by atoms with Crippen molar-refractivity contribution in [1.82, 2.24) is 15.3 Å². The SMILES string of the molecule is c1nc2cc(-c3ccc(N4CCOCC4)cn3)cc(OCC[C@H]3CCNC3)c2s1. The zero-order valence-corrected chi connectivity index (χ0v) is 17.3. The van der Waals surface area contributed by atoms with E-state index in [-0.39, 0.29) is 0 Å². The minimum atomic E-state index is 0.726. The summed E-state index contributed by atoms with van der Waals surface area (Å²) >= 11 is 1.63. The molecule has 0 saturated carbocycles. The van der Waals surface area contributed by atoms with Crippen LogP contribution in [0.4, 0.5) is 5.69 Å². The fourth-order valence-electron chi connectivity index (χ4n) is 4.05. The lowest BCUT2D eigenvalue weighted by Crippen LogP contribution is -2.36. The van der Waals surface area contributed by atoms with Crippen LogP contribution >= 0.6 is 11.3 Å². The molecule has 6 nitrogen and oxygen atoms in total. The van der Waals surface area contributed by atoms with Crippen LogP contribution in [-0.4, -0.2) is 56.0 Å². The van der Waals surface area contributed by atoms with E-state index in [0.717, 1.165) is 91.2 Å². The molecule has 29 heavy (non-hydrogen) atoms. The average molecular weight is 411 g/mol. The van der Waals surface area contributed by atoms with Gasteiger partial charge in [-0.05, 0) is 56.1 Å². The zero-order chi connectivity index (χ0) is 19.5. The summed E-state index contributed by atoms with van der Waals surface area (Å²) in [6.07, 6.45) is 4.29. The van der Waals surface area contributed by atoms with Gasteiger partial charge in [0.05, 0.1) is 53.1 Å². The van der Waals surface area contributed by atoms with E-state index in [1.807, 2.05) is 11.7 Å². The lowest BCUT2D eigenvalue weighted by Gasteiger charge is -2.28. The van der Waals surface area contributed by atoms with Crippen molar-refractivity contribution in [2.24, 2.45) is 5.92 Å². The van der Waals surface area contributed by atoms with E-state index >= 15 is 0 Å². The Morgan fingerprint density at radius 1 is 1.21 bits per heavy atom. The van der Waals surface area contributed by atoms with Gasteiger partial charge in [-0.3, -0.25) is 4.98 Å². The van der Waals surface area contributed by atoms with Crippen molar-refractivity contribution in [2.75, 3.05) is 50.9 Å². The second-order valence-corrected chi connectivity index (χ2v) is 8.53. The molecule has 5 rings (SSSR count). The van der Waals surface area contributed by atoms with Gasteiger partial charge in [0.25, 0.3) is 0 Å². The number of nitrogens with one attached hydrogen (secondary N) is 1. The number of hydrogen-bond donors (Lipinski definition) is 1. The van der Waals surface area contributed by atoms with E-state index in [9.17, 15) is 0 Å². The van der Waals surface area contributed by atoms with Crippen LogP contribution in [0.2, 0.25) is 0 Å². The van der Waals surface area contributed by atoms with E-state index in [2.05, 4.69) is 39.5 Å². The molecule has 1 aromatic carbocycles. The van der Waals surface area contributed by atoms with Gasteiger partial charge < -0.3 is 19.7 Å². The number of fused-ring (bicyclic) bond motifs is 1. The Balaban J connectivity index is 1.35. The van der Waals surface area contributed by atoms with Crippen molar-refractivity contribution >= 4 is 27.2 Å². The molecule has 0 spiro atoms. The van der Waals surface area contributed by atoms with Gasteiger partial charge in [-0.15, -0.1) is 11.3 Å². The van der Waals surface area contributed by atoms with Crippen LogP contribution in [0.1, 0.15) is 12.8 Å². The number of morpholine rings is 1. The molecule has 152 valence electrons. The summed E-state index contributed by atoms with van der Waals surface area (Å²) in [5.41, 5.74) is 6.01. The third-order valence-corrected chi connectivity index (χ3v) is 6.62. The minimum absolute atomic E-state index is 0.726. The van der Waals surface area contributed by atoms with E-state index in [1.165, 1.54) is 6.42 Å². The molecule has 2 aromatic heterocycles. The molecule has 2 aliphatic heterocycles. The molecular formula is C22H26N4O2S. The third-order valence-electron chi connectivity index (χ3n) is 5.76. The van der Waals surface area contributed by atoms with Gasteiger partial charge in [-0.25, -0.2) is 4.98 Å². The number of hydrogen-bond acceptors (Lipinski definition) is 7. The van der Waals surface area contributed by atoms with Gasteiger partial charge in [0, 0.05) is 18.7 Å². The molecule has 0 radical (unpaired) electrons. The highest BCUT2D eigenvalue weighted by Crippen LogP contribution is 2.34. The highest BCUT2D eigenvalue weighted by Gasteiger charge is 2.16. The van der Waals surface area contributed by atoms with Crippen molar-refractivity contribution < 1.29 is 9.47 Å². The second kappa shape index (κ2) is 8.65. The highest BCUT2D eigenvalue weighted by molar-refractivity contribution is 7.17. The first-order valence-electron chi connectivity index (χ1n) is 10.4. The van der Waals surface area contributed by atoms with Crippen LogP contribution in [0.3, 0.4) is 0 Å². The smallest absolute Gasteiger partial charge is 0.139 e. The quantitative estimate of drug-likeness (QED) is 0.670. The van der Waals surface area contributed by atoms with Gasteiger partial charge in [0.2, 0.25) is 0 Å². The van der Waals surface area contributed by atoms with Crippen molar-refractivity contribution in [1.29, 1.82) is 0 Å². The summed E-state index contributed by atoms with van der Waals surface area (Å²) < 4.78 is 12.8. The fourth-order valence-corrected chi connectivity index (χ4v) is 4.79. The van der Waals surface area contributed by atoms with Crippen molar-refractivity contribution in [2.45, 2.75) is 12.8 Å². The van der Waals surface area contributed by atoms with Gasteiger partial charge >= 0.3 is 0 Å². The number of ether oxygens (including phenoxy) is 2. The van der Waals surface area contributed by atoms with Crippen LogP contribution in [0.25, 0.3) is 21.5 Å². The van der Waals surface area contributed by atoms with Crippen LogP contribution in [0.15, 0.2) is 36.0 Å². The van der Waals surface area contributed by atoms with E-state index in [0.29, 0.717) is 0 Å². The Morgan fingerprint density at radius 3 is 2.93 bits per heavy atom. The maximum absolute atomic E-state index is 6.21. The Bertz CT molecular complexity index is 947. The van der Waals surface area contributed by atoms with Crippen LogP contribution in [0, 0.1) is 5.92 Å². The molecule has 0 amide bonds. The van der Waals surface area contributed by atoms with E-state index in [4.69, 9.17) is 14.5 Å². The number of anilines is 1. The van der Waals surface area contributed by atoms with Gasteiger partial charge in [-0.2, -0.15) is 0 Å². The Labute approximate surface area is 174 Å².